The first-order valence-electron chi connectivity index (χ1n) is 6.83. The molecule has 0 unspecified atom stereocenters. The predicted molar refractivity (Wildman–Crippen MR) is 79.1 cm³/mol. The van der Waals surface area contributed by atoms with Crippen LogP contribution in [0.5, 0.6) is 0 Å². The van der Waals surface area contributed by atoms with Gasteiger partial charge in [-0.25, -0.2) is 0 Å². The second-order valence-electron chi connectivity index (χ2n) is 5.58. The molecule has 0 aliphatic carbocycles. The third-order valence-electron chi connectivity index (χ3n) is 2.24. The summed E-state index contributed by atoms with van der Waals surface area (Å²) in [6.45, 7) is 17.6. The summed E-state index contributed by atoms with van der Waals surface area (Å²) in [4.78, 5) is 0. The van der Waals surface area contributed by atoms with Crippen molar-refractivity contribution in [3.05, 3.63) is 12.2 Å². The Balaban J connectivity index is 4.04. The van der Waals surface area contributed by atoms with Crippen LogP contribution in [0.15, 0.2) is 12.2 Å². The van der Waals surface area contributed by atoms with Gasteiger partial charge < -0.3 is 13.6 Å². The summed E-state index contributed by atoms with van der Waals surface area (Å²) in [6.07, 6.45) is 1.42. The molecule has 0 amide bonds. The maximum Gasteiger partial charge on any atom is 0.335 e. The van der Waals surface area contributed by atoms with Crippen molar-refractivity contribution < 1.29 is 13.6 Å². The zero-order valence-electron chi connectivity index (χ0n) is 12.9. The fourth-order valence-electron chi connectivity index (χ4n) is 1.88. The normalized spacial score (nSPS) is 12.4. The Labute approximate surface area is 114 Å². The molecule has 0 rings (SSSR count). The Bertz CT molecular complexity index is 229. The molecule has 18 heavy (non-hydrogen) atoms. The van der Waals surface area contributed by atoms with Crippen LogP contribution in [-0.4, -0.2) is 34.0 Å². The minimum Gasteiger partial charge on any atom is -0.392 e. The van der Waals surface area contributed by atoms with E-state index in [2.05, 4.69) is 40.8 Å². The van der Waals surface area contributed by atoms with Crippen LogP contribution in [-0.2, 0) is 13.6 Å². The Morgan fingerprint density at radius 2 is 1.61 bits per heavy atom. The average molecular weight is 274 g/mol. The first kappa shape index (κ1) is 17.8. The molecule has 0 fully saturated rings. The Kier molecular flexibility index (Phi) is 8.78. The fraction of sp³-hybridized carbons (Fsp3) is 0.857. The summed E-state index contributed by atoms with van der Waals surface area (Å²) >= 11 is 0. The number of hydrogen-bond acceptors (Lipinski definition) is 3. The highest BCUT2D eigenvalue weighted by Gasteiger charge is 2.33. The van der Waals surface area contributed by atoms with Crippen molar-refractivity contribution in [1.82, 2.24) is 0 Å². The largest absolute Gasteiger partial charge is 0.392 e. The molecule has 0 aromatic carbocycles. The van der Waals surface area contributed by atoms with Crippen molar-refractivity contribution in [2.45, 2.75) is 65.8 Å². The van der Waals surface area contributed by atoms with Crippen molar-refractivity contribution in [2.75, 3.05) is 13.2 Å². The van der Waals surface area contributed by atoms with E-state index in [9.17, 15) is 0 Å². The molecule has 0 aliphatic rings. The third kappa shape index (κ3) is 9.83. The van der Waals surface area contributed by atoms with Gasteiger partial charge in [0.1, 0.15) is 0 Å². The summed E-state index contributed by atoms with van der Waals surface area (Å²) in [5.74, 6) is 0. The molecule has 0 saturated heterocycles. The van der Waals surface area contributed by atoms with E-state index in [1.54, 1.807) is 0 Å². The van der Waals surface area contributed by atoms with Crippen LogP contribution in [0, 0.1) is 0 Å². The van der Waals surface area contributed by atoms with Crippen LogP contribution in [0.1, 0.15) is 41.0 Å². The summed E-state index contributed by atoms with van der Waals surface area (Å²) in [6, 6.07) is 0.972. The number of ether oxygens (including phenoxy) is 1. The van der Waals surface area contributed by atoms with Gasteiger partial charge in [0.25, 0.3) is 0 Å². The Morgan fingerprint density at radius 1 is 1.11 bits per heavy atom. The van der Waals surface area contributed by atoms with E-state index in [4.69, 9.17) is 13.6 Å². The number of hydrogen-bond donors (Lipinski definition) is 0. The van der Waals surface area contributed by atoms with Crippen LogP contribution in [0.4, 0.5) is 0 Å². The van der Waals surface area contributed by atoms with Gasteiger partial charge in [0.2, 0.25) is 0 Å². The summed E-state index contributed by atoms with van der Waals surface area (Å²) in [5.41, 5.74) is 1.06. The minimum absolute atomic E-state index is 0.219. The summed E-state index contributed by atoms with van der Waals surface area (Å²) in [5, 5.41) is 0. The molecule has 0 heterocycles. The highest BCUT2D eigenvalue weighted by Crippen LogP contribution is 2.20. The molecule has 0 aromatic rings. The van der Waals surface area contributed by atoms with E-state index >= 15 is 0 Å². The average Bonchev–Trinajstić information content (AvgIpc) is 2.13. The second kappa shape index (κ2) is 8.86. The van der Waals surface area contributed by atoms with Gasteiger partial charge >= 0.3 is 8.56 Å². The monoisotopic (exact) mass is 274 g/mol. The molecule has 0 bridgehead atoms. The van der Waals surface area contributed by atoms with Crippen molar-refractivity contribution in [2.24, 2.45) is 0 Å². The molecule has 3 nitrogen and oxygen atoms in total. The molecule has 0 saturated carbocycles. The van der Waals surface area contributed by atoms with E-state index in [1.807, 2.05) is 6.92 Å². The minimum atomic E-state index is -2.06. The molecule has 108 valence electrons. The Hall–Kier alpha value is -0.163. The predicted octanol–water partition coefficient (Wildman–Crippen LogP) is 3.89. The van der Waals surface area contributed by atoms with Crippen LogP contribution >= 0.6 is 0 Å². The van der Waals surface area contributed by atoms with Gasteiger partial charge in [-0.3, -0.25) is 0 Å². The first-order chi connectivity index (χ1) is 8.25. The van der Waals surface area contributed by atoms with E-state index in [0.717, 1.165) is 24.6 Å². The van der Waals surface area contributed by atoms with Gasteiger partial charge in [0.15, 0.2) is 0 Å². The SMILES string of the molecule is C=C(C)COCCC[Si](C)(OC(C)C)OC(C)C. The van der Waals surface area contributed by atoms with E-state index in [1.165, 1.54) is 0 Å². The fourth-order valence-corrected chi connectivity index (χ4v) is 4.96. The lowest BCUT2D eigenvalue weighted by Crippen LogP contribution is -2.43. The second-order valence-corrected chi connectivity index (χ2v) is 8.82. The lowest BCUT2D eigenvalue weighted by molar-refractivity contribution is 0.104. The molecule has 0 aromatic heterocycles. The molecule has 0 atom stereocenters. The van der Waals surface area contributed by atoms with Crippen molar-refractivity contribution in [3.8, 4) is 0 Å². The van der Waals surface area contributed by atoms with Crippen LogP contribution < -0.4 is 0 Å². The van der Waals surface area contributed by atoms with E-state index < -0.39 is 8.56 Å². The van der Waals surface area contributed by atoms with Crippen LogP contribution in [0.3, 0.4) is 0 Å². The third-order valence-corrected chi connectivity index (χ3v) is 5.44. The van der Waals surface area contributed by atoms with Crippen LogP contribution in [0.2, 0.25) is 12.6 Å². The van der Waals surface area contributed by atoms with E-state index in [0.29, 0.717) is 6.61 Å². The zero-order chi connectivity index (χ0) is 14.2. The van der Waals surface area contributed by atoms with Crippen molar-refractivity contribution >= 4 is 8.56 Å². The van der Waals surface area contributed by atoms with Gasteiger partial charge in [-0.2, -0.15) is 0 Å². The quantitative estimate of drug-likeness (QED) is 0.344. The smallest absolute Gasteiger partial charge is 0.335 e. The van der Waals surface area contributed by atoms with Gasteiger partial charge in [0, 0.05) is 18.8 Å². The first-order valence-corrected chi connectivity index (χ1v) is 9.35. The van der Waals surface area contributed by atoms with Gasteiger partial charge in [-0.15, -0.1) is 0 Å². The number of rotatable bonds is 10. The molecular formula is C14H30O3Si. The van der Waals surface area contributed by atoms with Gasteiger partial charge in [0.05, 0.1) is 6.61 Å². The van der Waals surface area contributed by atoms with E-state index in [-0.39, 0.29) is 12.2 Å². The van der Waals surface area contributed by atoms with Crippen molar-refractivity contribution in [3.63, 3.8) is 0 Å². The lowest BCUT2D eigenvalue weighted by Gasteiger charge is -2.31. The van der Waals surface area contributed by atoms with Crippen molar-refractivity contribution in [1.29, 1.82) is 0 Å². The zero-order valence-corrected chi connectivity index (χ0v) is 13.9. The van der Waals surface area contributed by atoms with Gasteiger partial charge in [-0.05, 0) is 53.6 Å². The Morgan fingerprint density at radius 3 is 2.00 bits per heavy atom. The standard InChI is InChI=1S/C14H30O3Si/c1-12(2)11-15-9-8-10-18(7,16-13(3)4)17-14(5)6/h13-14H,1,8-11H2,2-7H3. The molecule has 0 radical (unpaired) electrons. The maximum absolute atomic E-state index is 6.02. The van der Waals surface area contributed by atoms with Crippen LogP contribution in [0.25, 0.3) is 0 Å². The molecule has 0 N–H and O–H groups in total. The topological polar surface area (TPSA) is 27.7 Å². The molecule has 4 heteroatoms. The summed E-state index contributed by atoms with van der Waals surface area (Å²) in [7, 11) is -2.06. The molecule has 0 spiro atoms. The molecule has 0 aliphatic heterocycles. The summed E-state index contributed by atoms with van der Waals surface area (Å²) < 4.78 is 17.6. The maximum atomic E-state index is 6.02. The van der Waals surface area contributed by atoms with Gasteiger partial charge in [-0.1, -0.05) is 12.2 Å². The highest BCUT2D eigenvalue weighted by atomic mass is 28.4. The molecular weight excluding hydrogens is 244 g/mol. The highest BCUT2D eigenvalue weighted by molar-refractivity contribution is 6.66. The lowest BCUT2D eigenvalue weighted by atomic mass is 10.4.